The molecule has 1 saturated carbocycles. The van der Waals surface area contributed by atoms with E-state index in [4.69, 9.17) is 4.74 Å². The molecule has 0 amide bonds. The van der Waals surface area contributed by atoms with Crippen LogP contribution < -0.4 is 4.74 Å². The van der Waals surface area contributed by atoms with Gasteiger partial charge in [-0.1, -0.05) is 31.0 Å². The summed E-state index contributed by atoms with van der Waals surface area (Å²) in [6.45, 7) is 5.68. The topological polar surface area (TPSA) is 28.6 Å². The lowest BCUT2D eigenvalue weighted by Gasteiger charge is -2.38. The average Bonchev–Trinajstić information content (AvgIpc) is 3.30. The molecule has 0 radical (unpaired) electrons. The molecule has 4 rings (SSSR count). The van der Waals surface area contributed by atoms with Crippen molar-refractivity contribution < 1.29 is 4.74 Å². The molecule has 1 aliphatic carbocycles. The Kier molecular flexibility index (Phi) is 7.18. The average molecular weight is 394 g/mol. The van der Waals surface area contributed by atoms with Crippen LogP contribution in [0.4, 0.5) is 0 Å². The van der Waals surface area contributed by atoms with Crippen LogP contribution in [0.3, 0.4) is 0 Å². The van der Waals surface area contributed by atoms with Gasteiger partial charge in [-0.05, 0) is 74.0 Å². The van der Waals surface area contributed by atoms with E-state index in [0.29, 0.717) is 0 Å². The second-order valence-electron chi connectivity index (χ2n) is 8.80. The van der Waals surface area contributed by atoms with Gasteiger partial charge in [-0.25, -0.2) is 0 Å². The summed E-state index contributed by atoms with van der Waals surface area (Å²) in [4.78, 5) is 9.70. The minimum atomic E-state index is 0.794. The van der Waals surface area contributed by atoms with Crippen molar-refractivity contribution in [3.8, 4) is 5.75 Å². The van der Waals surface area contributed by atoms with E-state index in [1.165, 1.54) is 69.3 Å². The van der Waals surface area contributed by atoms with Gasteiger partial charge < -0.3 is 9.64 Å². The Morgan fingerprint density at radius 3 is 2.34 bits per heavy atom. The van der Waals surface area contributed by atoms with Gasteiger partial charge in [0, 0.05) is 38.1 Å². The van der Waals surface area contributed by atoms with E-state index in [2.05, 4.69) is 45.1 Å². The molecular weight excluding hydrogens is 358 g/mol. The van der Waals surface area contributed by atoms with E-state index < -0.39 is 0 Å². The molecule has 2 aliphatic rings. The van der Waals surface area contributed by atoms with E-state index in [-0.39, 0.29) is 0 Å². The number of methoxy groups -OCH3 is 1. The van der Waals surface area contributed by atoms with Crippen LogP contribution in [-0.4, -0.2) is 47.6 Å². The van der Waals surface area contributed by atoms with Crippen molar-refractivity contribution >= 4 is 0 Å². The molecule has 1 saturated heterocycles. The fourth-order valence-corrected chi connectivity index (χ4v) is 5.06. The van der Waals surface area contributed by atoms with Gasteiger partial charge in [-0.15, -0.1) is 0 Å². The predicted octanol–water partition coefficient (Wildman–Crippen LogP) is 4.75. The molecule has 0 N–H and O–H groups in total. The standard InChI is InChI=1S/C25H35N3O/c1-29-25-10-8-21(9-11-25)18-27(20-23-5-4-14-26-17-23)19-22-12-15-28(16-13-22)24-6-2-3-7-24/h4-5,8-11,14,17,22,24H,2-3,6-7,12-13,15-16,18-20H2,1H3. The van der Waals surface area contributed by atoms with E-state index in [1.807, 2.05) is 18.5 Å². The third-order valence-corrected chi connectivity index (χ3v) is 6.70. The lowest BCUT2D eigenvalue weighted by atomic mass is 9.94. The minimum absolute atomic E-state index is 0.794. The monoisotopic (exact) mass is 393 g/mol. The van der Waals surface area contributed by atoms with Crippen molar-refractivity contribution in [3.63, 3.8) is 0 Å². The molecule has 0 spiro atoms. The number of ether oxygens (including phenoxy) is 1. The molecule has 0 bridgehead atoms. The Morgan fingerprint density at radius 2 is 1.69 bits per heavy atom. The highest BCUT2D eigenvalue weighted by Crippen LogP contribution is 2.28. The summed E-state index contributed by atoms with van der Waals surface area (Å²) in [5.41, 5.74) is 2.64. The fourth-order valence-electron chi connectivity index (χ4n) is 5.06. The third kappa shape index (κ3) is 5.80. The van der Waals surface area contributed by atoms with Crippen LogP contribution in [-0.2, 0) is 13.1 Å². The van der Waals surface area contributed by atoms with Crippen molar-refractivity contribution in [1.82, 2.24) is 14.8 Å². The Hall–Kier alpha value is -1.91. The van der Waals surface area contributed by atoms with Crippen molar-refractivity contribution in [3.05, 3.63) is 59.9 Å². The highest BCUT2D eigenvalue weighted by atomic mass is 16.5. The first kappa shape index (κ1) is 20.4. The molecule has 1 aliphatic heterocycles. The summed E-state index contributed by atoms with van der Waals surface area (Å²) in [5.74, 6) is 1.72. The van der Waals surface area contributed by atoms with Crippen molar-refractivity contribution in [1.29, 1.82) is 0 Å². The number of nitrogens with zero attached hydrogens (tertiary/aromatic N) is 3. The first-order valence-corrected chi connectivity index (χ1v) is 11.3. The van der Waals surface area contributed by atoms with Crippen LogP contribution >= 0.6 is 0 Å². The van der Waals surface area contributed by atoms with E-state index in [0.717, 1.165) is 30.8 Å². The largest absolute Gasteiger partial charge is 0.497 e. The lowest BCUT2D eigenvalue weighted by Crippen LogP contribution is -2.42. The Balaban J connectivity index is 1.36. The van der Waals surface area contributed by atoms with E-state index in [9.17, 15) is 0 Å². The second kappa shape index (κ2) is 10.2. The van der Waals surface area contributed by atoms with Crippen LogP contribution in [0.5, 0.6) is 5.75 Å². The Labute approximate surface area is 175 Å². The zero-order chi connectivity index (χ0) is 19.9. The second-order valence-corrected chi connectivity index (χ2v) is 8.80. The zero-order valence-electron chi connectivity index (χ0n) is 17.8. The number of benzene rings is 1. The Morgan fingerprint density at radius 1 is 0.966 bits per heavy atom. The maximum atomic E-state index is 5.32. The van der Waals surface area contributed by atoms with Gasteiger partial charge in [0.05, 0.1) is 7.11 Å². The van der Waals surface area contributed by atoms with E-state index in [1.54, 1.807) is 7.11 Å². The molecule has 2 fully saturated rings. The zero-order valence-corrected chi connectivity index (χ0v) is 17.8. The van der Waals surface area contributed by atoms with E-state index >= 15 is 0 Å². The van der Waals surface area contributed by atoms with Crippen molar-refractivity contribution in [2.45, 2.75) is 57.7 Å². The predicted molar refractivity (Wildman–Crippen MR) is 118 cm³/mol. The molecule has 4 nitrogen and oxygen atoms in total. The number of piperidine rings is 1. The molecule has 29 heavy (non-hydrogen) atoms. The number of rotatable bonds is 8. The first-order valence-electron chi connectivity index (χ1n) is 11.3. The third-order valence-electron chi connectivity index (χ3n) is 6.70. The summed E-state index contributed by atoms with van der Waals surface area (Å²) >= 11 is 0. The van der Waals surface area contributed by atoms with Gasteiger partial charge in [0.25, 0.3) is 0 Å². The van der Waals surface area contributed by atoms with Gasteiger partial charge in [-0.2, -0.15) is 0 Å². The molecule has 1 aromatic carbocycles. The highest BCUT2D eigenvalue weighted by Gasteiger charge is 2.27. The molecular formula is C25H35N3O. The molecule has 0 unspecified atom stereocenters. The van der Waals surface area contributed by atoms with Crippen LogP contribution in [0.2, 0.25) is 0 Å². The first-order chi connectivity index (χ1) is 14.3. The van der Waals surface area contributed by atoms with Crippen molar-refractivity contribution in [2.75, 3.05) is 26.7 Å². The maximum Gasteiger partial charge on any atom is 0.118 e. The number of likely N-dealkylation sites (tertiary alicyclic amines) is 1. The van der Waals surface area contributed by atoms with Crippen LogP contribution in [0, 0.1) is 5.92 Å². The minimum Gasteiger partial charge on any atom is -0.497 e. The molecule has 0 atom stereocenters. The summed E-state index contributed by atoms with van der Waals surface area (Å²) in [6.07, 6.45) is 12.3. The summed E-state index contributed by atoms with van der Waals surface area (Å²) < 4.78 is 5.32. The number of hydrogen-bond donors (Lipinski definition) is 0. The van der Waals surface area contributed by atoms with Gasteiger partial charge >= 0.3 is 0 Å². The number of aromatic nitrogens is 1. The summed E-state index contributed by atoms with van der Waals surface area (Å²) in [5, 5.41) is 0. The highest BCUT2D eigenvalue weighted by molar-refractivity contribution is 5.27. The number of hydrogen-bond acceptors (Lipinski definition) is 4. The normalized spacial score (nSPS) is 19.1. The van der Waals surface area contributed by atoms with Crippen LogP contribution in [0.25, 0.3) is 0 Å². The van der Waals surface area contributed by atoms with Gasteiger partial charge in [0.1, 0.15) is 5.75 Å². The smallest absolute Gasteiger partial charge is 0.118 e. The molecule has 2 heterocycles. The molecule has 2 aromatic rings. The lowest BCUT2D eigenvalue weighted by molar-refractivity contribution is 0.107. The van der Waals surface area contributed by atoms with Crippen LogP contribution in [0.1, 0.15) is 49.7 Å². The number of pyridine rings is 1. The fraction of sp³-hybridized carbons (Fsp3) is 0.560. The molecule has 4 heteroatoms. The molecule has 1 aromatic heterocycles. The summed E-state index contributed by atoms with van der Waals surface area (Å²) in [7, 11) is 1.72. The maximum absolute atomic E-state index is 5.32. The van der Waals surface area contributed by atoms with Gasteiger partial charge in [0.15, 0.2) is 0 Å². The summed E-state index contributed by atoms with van der Waals surface area (Å²) in [6, 6.07) is 13.6. The quantitative estimate of drug-likeness (QED) is 0.647. The van der Waals surface area contributed by atoms with Crippen molar-refractivity contribution in [2.24, 2.45) is 5.92 Å². The molecule has 156 valence electrons. The van der Waals surface area contributed by atoms with Crippen LogP contribution in [0.15, 0.2) is 48.8 Å². The van der Waals surface area contributed by atoms with Gasteiger partial charge in [0.2, 0.25) is 0 Å². The SMILES string of the molecule is COc1ccc(CN(Cc2cccnc2)CC2CCN(C3CCCC3)CC2)cc1. The van der Waals surface area contributed by atoms with Gasteiger partial charge in [-0.3, -0.25) is 9.88 Å². The Bertz CT molecular complexity index is 719.